The lowest BCUT2D eigenvalue weighted by molar-refractivity contribution is 0.141. The molecule has 0 N–H and O–H groups in total. The molecular weight excluding hydrogens is 361 g/mol. The monoisotopic (exact) mass is 387 g/mol. The standard InChI is InChI=1S/C20H26FN5S/c1-13-9-14(2)12-26(11-13)7-4-8-27-20-22-19-18(23-24-20)16-10-15(21)5-6-17(16)25(19)3/h5-6,10,13-14H,4,7-9,11-12H2,1-3H3. The number of thioether (sulfide) groups is 1. The average molecular weight is 388 g/mol. The highest BCUT2D eigenvalue weighted by molar-refractivity contribution is 7.99. The van der Waals surface area contributed by atoms with Gasteiger partial charge in [0.1, 0.15) is 11.3 Å². The van der Waals surface area contributed by atoms with Gasteiger partial charge in [-0.25, -0.2) is 9.37 Å². The van der Waals surface area contributed by atoms with E-state index >= 15 is 0 Å². The van der Waals surface area contributed by atoms with Crippen molar-refractivity contribution in [3.8, 4) is 0 Å². The Labute approximate surface area is 163 Å². The molecule has 0 aliphatic carbocycles. The van der Waals surface area contributed by atoms with Crippen LogP contribution in [0, 0.1) is 17.7 Å². The maximum absolute atomic E-state index is 13.6. The molecule has 0 bridgehead atoms. The van der Waals surface area contributed by atoms with Crippen LogP contribution in [0.3, 0.4) is 0 Å². The van der Waals surface area contributed by atoms with Crippen molar-refractivity contribution in [1.29, 1.82) is 0 Å². The molecule has 2 aromatic heterocycles. The van der Waals surface area contributed by atoms with Gasteiger partial charge in [-0.05, 0) is 49.4 Å². The van der Waals surface area contributed by atoms with Crippen LogP contribution in [-0.4, -0.2) is 50.0 Å². The van der Waals surface area contributed by atoms with Crippen molar-refractivity contribution in [1.82, 2.24) is 24.6 Å². The number of nitrogens with zero attached hydrogens (tertiary/aromatic N) is 5. The molecule has 0 spiro atoms. The van der Waals surface area contributed by atoms with Crippen LogP contribution >= 0.6 is 11.8 Å². The minimum Gasteiger partial charge on any atom is -0.327 e. The molecular formula is C20H26FN5S. The molecule has 1 aliphatic heterocycles. The van der Waals surface area contributed by atoms with Crippen LogP contribution in [0.2, 0.25) is 0 Å². The van der Waals surface area contributed by atoms with E-state index < -0.39 is 0 Å². The van der Waals surface area contributed by atoms with Gasteiger partial charge in [-0.2, -0.15) is 0 Å². The molecule has 5 nitrogen and oxygen atoms in total. The minimum atomic E-state index is -0.267. The highest BCUT2D eigenvalue weighted by Gasteiger charge is 2.21. The number of hydrogen-bond acceptors (Lipinski definition) is 5. The molecule has 0 radical (unpaired) electrons. The number of fused-ring (bicyclic) bond motifs is 3. The summed E-state index contributed by atoms with van der Waals surface area (Å²) >= 11 is 1.65. The maximum atomic E-state index is 13.6. The van der Waals surface area contributed by atoms with Gasteiger partial charge in [0.2, 0.25) is 5.16 Å². The van der Waals surface area contributed by atoms with Crippen molar-refractivity contribution in [2.45, 2.75) is 31.8 Å². The molecule has 1 aliphatic rings. The minimum absolute atomic E-state index is 0.267. The van der Waals surface area contributed by atoms with E-state index in [-0.39, 0.29) is 5.82 Å². The van der Waals surface area contributed by atoms with Gasteiger partial charge in [-0.15, -0.1) is 10.2 Å². The number of hydrogen-bond donors (Lipinski definition) is 0. The molecule has 27 heavy (non-hydrogen) atoms. The smallest absolute Gasteiger partial charge is 0.211 e. The first kappa shape index (κ1) is 18.6. The Morgan fingerprint density at radius 1 is 1.19 bits per heavy atom. The molecule has 0 saturated carbocycles. The van der Waals surface area contributed by atoms with E-state index in [2.05, 4.69) is 33.9 Å². The maximum Gasteiger partial charge on any atom is 0.211 e. The molecule has 0 amide bonds. The van der Waals surface area contributed by atoms with E-state index in [0.717, 1.165) is 47.1 Å². The van der Waals surface area contributed by atoms with Gasteiger partial charge in [0.25, 0.3) is 0 Å². The summed E-state index contributed by atoms with van der Waals surface area (Å²) in [5.41, 5.74) is 2.34. The van der Waals surface area contributed by atoms with Gasteiger partial charge >= 0.3 is 0 Å². The number of piperidine rings is 1. The second kappa shape index (κ2) is 7.72. The molecule has 1 fully saturated rings. The highest BCUT2D eigenvalue weighted by Crippen LogP contribution is 2.27. The number of rotatable bonds is 5. The lowest BCUT2D eigenvalue weighted by Gasteiger charge is -2.34. The summed E-state index contributed by atoms with van der Waals surface area (Å²) in [6.45, 7) is 8.26. The second-order valence-corrected chi connectivity index (χ2v) is 8.96. The van der Waals surface area contributed by atoms with Crippen molar-refractivity contribution >= 4 is 33.8 Å². The first-order chi connectivity index (χ1) is 13.0. The third-order valence-corrected chi connectivity index (χ3v) is 6.26. The van der Waals surface area contributed by atoms with Crippen molar-refractivity contribution in [2.75, 3.05) is 25.4 Å². The van der Waals surface area contributed by atoms with Crippen molar-refractivity contribution in [3.63, 3.8) is 0 Å². The largest absolute Gasteiger partial charge is 0.327 e. The quantitative estimate of drug-likeness (QED) is 0.487. The molecule has 1 aromatic carbocycles. The third-order valence-electron chi connectivity index (χ3n) is 5.34. The first-order valence-corrected chi connectivity index (χ1v) is 10.6. The zero-order valence-corrected chi connectivity index (χ0v) is 17.0. The summed E-state index contributed by atoms with van der Waals surface area (Å²) in [7, 11) is 1.93. The third kappa shape index (κ3) is 3.94. The average Bonchev–Trinajstić information content (AvgIpc) is 2.90. The molecule has 2 atom stereocenters. The Morgan fingerprint density at radius 3 is 2.74 bits per heavy atom. The van der Waals surface area contributed by atoms with Crippen LogP contribution < -0.4 is 0 Å². The SMILES string of the molecule is CC1CC(C)CN(CCCSc2nnc3c4cc(F)ccc4n(C)c3n2)C1. The number of aromatic nitrogens is 4. The molecule has 3 heterocycles. The molecule has 1 saturated heterocycles. The van der Waals surface area contributed by atoms with Crippen LogP contribution in [-0.2, 0) is 7.05 Å². The Morgan fingerprint density at radius 2 is 1.96 bits per heavy atom. The predicted molar refractivity (Wildman–Crippen MR) is 108 cm³/mol. The molecule has 4 rings (SSSR count). The van der Waals surface area contributed by atoms with Gasteiger partial charge in [0.15, 0.2) is 5.65 Å². The van der Waals surface area contributed by atoms with E-state index in [0.29, 0.717) is 10.7 Å². The van der Waals surface area contributed by atoms with Crippen LogP contribution in [0.25, 0.3) is 22.1 Å². The number of benzene rings is 1. The lowest BCUT2D eigenvalue weighted by Crippen LogP contribution is -2.39. The zero-order chi connectivity index (χ0) is 19.0. The zero-order valence-electron chi connectivity index (χ0n) is 16.2. The predicted octanol–water partition coefficient (Wildman–Crippen LogP) is 4.12. The van der Waals surface area contributed by atoms with Gasteiger partial charge in [0.05, 0.1) is 5.52 Å². The first-order valence-electron chi connectivity index (χ1n) is 9.65. The summed E-state index contributed by atoms with van der Waals surface area (Å²) in [5, 5.41) is 10.0. The molecule has 2 unspecified atom stereocenters. The second-order valence-electron chi connectivity index (χ2n) is 7.89. The number of aryl methyl sites for hydroxylation is 1. The lowest BCUT2D eigenvalue weighted by atomic mass is 9.92. The number of likely N-dealkylation sites (tertiary alicyclic amines) is 1. The van der Waals surface area contributed by atoms with Crippen LogP contribution in [0.5, 0.6) is 0 Å². The van der Waals surface area contributed by atoms with Gasteiger partial charge in [-0.3, -0.25) is 0 Å². The van der Waals surface area contributed by atoms with E-state index in [1.807, 2.05) is 11.6 Å². The Hall–Kier alpha value is -1.73. The summed E-state index contributed by atoms with van der Waals surface area (Å²) in [5.74, 6) is 2.31. The summed E-state index contributed by atoms with van der Waals surface area (Å²) in [6, 6.07) is 4.73. The fraction of sp³-hybridized carbons (Fsp3) is 0.550. The fourth-order valence-electron chi connectivity index (χ4n) is 4.30. The van der Waals surface area contributed by atoms with E-state index in [9.17, 15) is 4.39 Å². The van der Waals surface area contributed by atoms with Crippen molar-refractivity contribution in [3.05, 3.63) is 24.0 Å². The van der Waals surface area contributed by atoms with Crippen molar-refractivity contribution < 1.29 is 4.39 Å². The topological polar surface area (TPSA) is 46.8 Å². The summed E-state index contributed by atoms with van der Waals surface area (Å²) < 4.78 is 15.5. The van der Waals surface area contributed by atoms with Gasteiger partial charge in [-0.1, -0.05) is 25.6 Å². The van der Waals surface area contributed by atoms with Gasteiger partial charge in [0, 0.05) is 31.3 Å². The summed E-state index contributed by atoms with van der Waals surface area (Å²) in [6.07, 6.45) is 2.46. The van der Waals surface area contributed by atoms with Crippen LogP contribution in [0.15, 0.2) is 23.4 Å². The number of halogens is 1. The highest BCUT2D eigenvalue weighted by atomic mass is 32.2. The normalized spacial score (nSPS) is 21.3. The van der Waals surface area contributed by atoms with Gasteiger partial charge < -0.3 is 9.47 Å². The van der Waals surface area contributed by atoms with Crippen molar-refractivity contribution in [2.24, 2.45) is 18.9 Å². The molecule has 7 heteroatoms. The van der Waals surface area contributed by atoms with E-state index in [1.54, 1.807) is 17.8 Å². The molecule has 3 aromatic rings. The Bertz CT molecular complexity index is 946. The van der Waals surface area contributed by atoms with E-state index in [1.165, 1.54) is 31.6 Å². The van der Waals surface area contributed by atoms with E-state index in [4.69, 9.17) is 0 Å². The Balaban J connectivity index is 1.41. The fourth-order valence-corrected chi connectivity index (χ4v) is 5.01. The summed E-state index contributed by atoms with van der Waals surface area (Å²) in [4.78, 5) is 7.25. The van der Waals surface area contributed by atoms with Crippen LogP contribution in [0.1, 0.15) is 26.7 Å². The van der Waals surface area contributed by atoms with Crippen LogP contribution in [0.4, 0.5) is 4.39 Å². The molecule has 144 valence electrons. The Kier molecular flexibility index (Phi) is 5.32.